The minimum Gasteiger partial charge on any atom is -0.461 e. The van der Waals surface area contributed by atoms with Crippen molar-refractivity contribution in [1.29, 1.82) is 0 Å². The summed E-state index contributed by atoms with van der Waals surface area (Å²) in [5.74, 6) is 0. The summed E-state index contributed by atoms with van der Waals surface area (Å²) in [6, 6.07) is 5.68. The van der Waals surface area contributed by atoms with Gasteiger partial charge in [-0.05, 0) is 28.1 Å². The third kappa shape index (κ3) is 0.922. The number of anilines is 1. The van der Waals surface area contributed by atoms with Crippen LogP contribution in [0.15, 0.2) is 33.4 Å². The first-order chi connectivity index (χ1) is 5.29. The third-order valence-corrected chi connectivity index (χ3v) is 2.20. The molecular weight excluding hydrogens is 206 g/mol. The highest BCUT2D eigenvalue weighted by atomic mass is 79.9. The van der Waals surface area contributed by atoms with Gasteiger partial charge < -0.3 is 10.2 Å². The lowest BCUT2D eigenvalue weighted by molar-refractivity contribution is 0.615. The Hall–Kier alpha value is -0.960. The van der Waals surface area contributed by atoms with E-state index in [4.69, 9.17) is 10.2 Å². The van der Waals surface area contributed by atoms with Crippen LogP contribution < -0.4 is 5.73 Å². The molecule has 1 heterocycles. The summed E-state index contributed by atoms with van der Waals surface area (Å²) < 4.78 is 6.15. The lowest BCUT2D eigenvalue weighted by Gasteiger charge is -1.91. The van der Waals surface area contributed by atoms with Crippen molar-refractivity contribution in [2.24, 2.45) is 0 Å². The zero-order valence-corrected chi connectivity index (χ0v) is 7.26. The van der Waals surface area contributed by atoms with E-state index >= 15 is 0 Å². The van der Waals surface area contributed by atoms with E-state index in [1.807, 2.05) is 18.2 Å². The lowest BCUT2D eigenvalue weighted by Crippen LogP contribution is -1.82. The molecule has 0 bridgehead atoms. The molecule has 2 N–H and O–H groups in total. The van der Waals surface area contributed by atoms with Crippen LogP contribution in [0.4, 0.5) is 5.69 Å². The predicted molar refractivity (Wildman–Crippen MR) is 48.3 cm³/mol. The van der Waals surface area contributed by atoms with E-state index in [-0.39, 0.29) is 0 Å². The summed E-state index contributed by atoms with van der Waals surface area (Å²) in [7, 11) is 0. The molecule has 0 spiro atoms. The van der Waals surface area contributed by atoms with Gasteiger partial charge in [0.25, 0.3) is 0 Å². The van der Waals surface area contributed by atoms with Crippen molar-refractivity contribution in [3.05, 3.63) is 28.9 Å². The normalized spacial score (nSPS) is 10.6. The number of hydrogen-bond acceptors (Lipinski definition) is 2. The molecule has 2 nitrogen and oxygen atoms in total. The molecule has 0 radical (unpaired) electrons. The fraction of sp³-hybridized carbons (Fsp3) is 0. The van der Waals surface area contributed by atoms with Gasteiger partial charge in [-0.1, -0.05) is 6.07 Å². The Morgan fingerprint density at radius 2 is 2.18 bits per heavy atom. The number of halogens is 1. The lowest BCUT2D eigenvalue weighted by atomic mass is 10.2. The molecule has 0 aliphatic rings. The average Bonchev–Trinajstić information content (AvgIpc) is 2.35. The van der Waals surface area contributed by atoms with Gasteiger partial charge in [-0.25, -0.2) is 0 Å². The molecule has 0 amide bonds. The first-order valence-corrected chi connectivity index (χ1v) is 3.99. The summed E-state index contributed by atoms with van der Waals surface area (Å²) in [6.45, 7) is 0. The number of hydrogen-bond donors (Lipinski definition) is 1. The van der Waals surface area contributed by atoms with Gasteiger partial charge in [0.1, 0.15) is 6.26 Å². The Morgan fingerprint density at radius 3 is 2.91 bits per heavy atom. The summed E-state index contributed by atoms with van der Waals surface area (Å²) in [5, 5.41) is 1.02. The molecule has 1 aromatic carbocycles. The maximum Gasteiger partial charge on any atom is 0.157 e. The van der Waals surface area contributed by atoms with Gasteiger partial charge >= 0.3 is 0 Å². The van der Waals surface area contributed by atoms with Crippen LogP contribution in [-0.4, -0.2) is 0 Å². The third-order valence-electron chi connectivity index (χ3n) is 1.58. The van der Waals surface area contributed by atoms with Gasteiger partial charge in [-0.3, -0.25) is 0 Å². The van der Waals surface area contributed by atoms with Crippen LogP contribution in [-0.2, 0) is 0 Å². The molecule has 56 valence electrons. The molecule has 0 unspecified atom stereocenters. The molecular formula is C8H6BrNO. The second-order valence-electron chi connectivity index (χ2n) is 2.31. The molecule has 0 aliphatic carbocycles. The van der Waals surface area contributed by atoms with Gasteiger partial charge in [-0.2, -0.15) is 0 Å². The van der Waals surface area contributed by atoms with Crippen molar-refractivity contribution in [1.82, 2.24) is 0 Å². The van der Waals surface area contributed by atoms with Gasteiger partial charge in [0.15, 0.2) is 5.58 Å². The van der Waals surface area contributed by atoms with Crippen molar-refractivity contribution in [3.8, 4) is 0 Å². The maximum absolute atomic E-state index is 5.65. The molecule has 2 aromatic rings. The van der Waals surface area contributed by atoms with E-state index < -0.39 is 0 Å². The van der Waals surface area contributed by atoms with E-state index in [0.29, 0.717) is 5.69 Å². The quantitative estimate of drug-likeness (QED) is 0.682. The van der Waals surface area contributed by atoms with E-state index in [2.05, 4.69) is 15.9 Å². The van der Waals surface area contributed by atoms with Gasteiger partial charge in [0, 0.05) is 5.39 Å². The van der Waals surface area contributed by atoms with Crippen molar-refractivity contribution >= 4 is 32.6 Å². The van der Waals surface area contributed by atoms with E-state index in [9.17, 15) is 0 Å². The van der Waals surface area contributed by atoms with E-state index in [1.54, 1.807) is 6.26 Å². The predicted octanol–water partition coefficient (Wildman–Crippen LogP) is 2.78. The molecule has 1 aromatic heterocycles. The second-order valence-corrected chi connectivity index (χ2v) is 3.16. The van der Waals surface area contributed by atoms with Crippen LogP contribution in [0.1, 0.15) is 0 Å². The molecule has 0 atom stereocenters. The zero-order valence-electron chi connectivity index (χ0n) is 5.67. The summed E-state index contributed by atoms with van der Waals surface area (Å²) in [5.41, 5.74) is 7.08. The highest BCUT2D eigenvalue weighted by Gasteiger charge is 2.03. The SMILES string of the molecule is Nc1cccc2c(Br)coc12. The molecule has 2 rings (SSSR count). The molecule has 0 saturated heterocycles. The highest BCUT2D eigenvalue weighted by Crippen LogP contribution is 2.29. The van der Waals surface area contributed by atoms with Crippen LogP contribution in [0.25, 0.3) is 11.0 Å². The first-order valence-electron chi connectivity index (χ1n) is 3.20. The van der Waals surface area contributed by atoms with E-state index in [1.165, 1.54) is 0 Å². The first kappa shape index (κ1) is 6.73. The fourth-order valence-electron chi connectivity index (χ4n) is 1.05. The summed E-state index contributed by atoms with van der Waals surface area (Å²) in [4.78, 5) is 0. The number of fused-ring (bicyclic) bond motifs is 1. The van der Waals surface area contributed by atoms with Crippen molar-refractivity contribution in [3.63, 3.8) is 0 Å². The second kappa shape index (κ2) is 2.27. The van der Waals surface area contributed by atoms with Crippen LogP contribution >= 0.6 is 15.9 Å². The standard InChI is InChI=1S/C8H6BrNO/c9-6-4-11-8-5(6)2-1-3-7(8)10/h1-4H,10H2. The molecule has 3 heteroatoms. The van der Waals surface area contributed by atoms with Gasteiger partial charge in [0.2, 0.25) is 0 Å². The van der Waals surface area contributed by atoms with Crippen LogP contribution in [0, 0.1) is 0 Å². The summed E-state index contributed by atoms with van der Waals surface area (Å²) in [6.07, 6.45) is 1.64. The average molecular weight is 212 g/mol. The van der Waals surface area contributed by atoms with E-state index in [0.717, 1.165) is 15.4 Å². The largest absolute Gasteiger partial charge is 0.461 e. The van der Waals surface area contributed by atoms with Crippen LogP contribution in [0.3, 0.4) is 0 Å². The molecule has 11 heavy (non-hydrogen) atoms. The Balaban J connectivity index is 2.94. The maximum atomic E-state index is 5.65. The van der Waals surface area contributed by atoms with Gasteiger partial charge in [-0.15, -0.1) is 0 Å². The van der Waals surface area contributed by atoms with Crippen molar-refractivity contribution in [2.75, 3.05) is 5.73 Å². The number of rotatable bonds is 0. The Kier molecular flexibility index (Phi) is 1.39. The van der Waals surface area contributed by atoms with Gasteiger partial charge in [0.05, 0.1) is 10.2 Å². The minimum absolute atomic E-state index is 0.674. The smallest absolute Gasteiger partial charge is 0.157 e. The Labute approximate surface area is 72.1 Å². The molecule has 0 saturated carbocycles. The Bertz CT molecular complexity index is 394. The number of benzene rings is 1. The number of nitrogen functional groups attached to an aromatic ring is 1. The number of nitrogens with two attached hydrogens (primary N) is 1. The zero-order chi connectivity index (χ0) is 7.84. The van der Waals surface area contributed by atoms with Crippen molar-refractivity contribution in [2.45, 2.75) is 0 Å². The monoisotopic (exact) mass is 211 g/mol. The number of para-hydroxylation sites is 1. The summed E-state index contributed by atoms with van der Waals surface area (Å²) >= 11 is 3.35. The van der Waals surface area contributed by atoms with Crippen LogP contribution in [0.2, 0.25) is 0 Å². The molecule has 0 fully saturated rings. The molecule has 0 aliphatic heterocycles. The Morgan fingerprint density at radius 1 is 1.36 bits per heavy atom. The fourth-order valence-corrected chi connectivity index (χ4v) is 1.45. The number of furan rings is 1. The van der Waals surface area contributed by atoms with Crippen molar-refractivity contribution < 1.29 is 4.42 Å². The topological polar surface area (TPSA) is 39.2 Å². The highest BCUT2D eigenvalue weighted by molar-refractivity contribution is 9.10. The van der Waals surface area contributed by atoms with Crippen LogP contribution in [0.5, 0.6) is 0 Å². The minimum atomic E-state index is 0.674.